The zero-order valence-electron chi connectivity index (χ0n) is 12.6. The van der Waals surface area contributed by atoms with Gasteiger partial charge in [-0.2, -0.15) is 0 Å². The largest absolute Gasteiger partial charge is 0.460 e. The summed E-state index contributed by atoms with van der Waals surface area (Å²) in [5, 5.41) is 0. The van der Waals surface area contributed by atoms with Gasteiger partial charge in [-0.05, 0) is 52.2 Å². The predicted molar refractivity (Wildman–Crippen MR) is 76.5 cm³/mol. The molecule has 0 unspecified atom stereocenters. The van der Waals surface area contributed by atoms with Gasteiger partial charge in [-0.25, -0.2) is 0 Å². The number of hydrogen-bond acceptors (Lipinski definition) is 2. The van der Waals surface area contributed by atoms with Crippen LogP contribution in [0, 0.1) is 0 Å². The van der Waals surface area contributed by atoms with Crippen molar-refractivity contribution in [2.75, 3.05) is 0 Å². The summed E-state index contributed by atoms with van der Waals surface area (Å²) in [6.07, 6.45) is 8.22. The lowest BCUT2D eigenvalue weighted by molar-refractivity contribution is -0.153. The molecular formula is C16H28O2. The van der Waals surface area contributed by atoms with Crippen LogP contribution in [0.5, 0.6) is 0 Å². The first kappa shape index (κ1) is 17.0. The van der Waals surface area contributed by atoms with E-state index in [1.54, 1.807) is 6.08 Å². The first-order chi connectivity index (χ1) is 8.35. The summed E-state index contributed by atoms with van der Waals surface area (Å²) < 4.78 is 5.21. The van der Waals surface area contributed by atoms with Crippen LogP contribution in [0.25, 0.3) is 0 Å². The van der Waals surface area contributed by atoms with Gasteiger partial charge in [-0.1, -0.05) is 26.2 Å². The summed E-state index contributed by atoms with van der Waals surface area (Å²) in [7, 11) is 0. The van der Waals surface area contributed by atoms with E-state index in [1.165, 1.54) is 31.3 Å². The third-order valence-corrected chi connectivity index (χ3v) is 2.44. The van der Waals surface area contributed by atoms with Crippen molar-refractivity contribution in [1.29, 1.82) is 0 Å². The highest BCUT2D eigenvalue weighted by molar-refractivity contribution is 5.71. The van der Waals surface area contributed by atoms with E-state index in [0.29, 0.717) is 6.42 Å². The Bertz CT molecular complexity index is 302. The van der Waals surface area contributed by atoms with Crippen LogP contribution in [0.4, 0.5) is 0 Å². The minimum absolute atomic E-state index is 0.186. The molecule has 0 saturated carbocycles. The van der Waals surface area contributed by atoms with Crippen LogP contribution >= 0.6 is 0 Å². The number of carbonyl (C=O) groups is 1. The Morgan fingerprint density at radius 1 is 1.22 bits per heavy atom. The highest BCUT2D eigenvalue weighted by Crippen LogP contribution is 2.10. The SMILES string of the molecule is CCCCCCC(C)=C=CCC(=O)OC(C)(C)C. The lowest BCUT2D eigenvalue weighted by Gasteiger charge is -2.18. The van der Waals surface area contributed by atoms with Gasteiger partial charge in [0.15, 0.2) is 0 Å². The molecule has 0 aliphatic rings. The van der Waals surface area contributed by atoms with Crippen molar-refractivity contribution in [3.63, 3.8) is 0 Å². The van der Waals surface area contributed by atoms with E-state index in [2.05, 4.69) is 19.6 Å². The summed E-state index contributed by atoms with van der Waals surface area (Å²) >= 11 is 0. The molecule has 2 heteroatoms. The number of rotatable bonds is 7. The second-order valence-electron chi connectivity index (χ2n) is 5.73. The van der Waals surface area contributed by atoms with Gasteiger partial charge in [0.25, 0.3) is 0 Å². The van der Waals surface area contributed by atoms with Crippen molar-refractivity contribution in [3.05, 3.63) is 17.4 Å². The van der Waals surface area contributed by atoms with E-state index in [0.717, 1.165) is 6.42 Å². The Morgan fingerprint density at radius 3 is 2.44 bits per heavy atom. The van der Waals surface area contributed by atoms with Gasteiger partial charge in [0.05, 0.1) is 6.42 Å². The van der Waals surface area contributed by atoms with E-state index in [1.807, 2.05) is 20.8 Å². The van der Waals surface area contributed by atoms with Crippen LogP contribution in [-0.4, -0.2) is 11.6 Å². The molecule has 0 rings (SSSR count). The molecule has 0 saturated heterocycles. The molecule has 0 fully saturated rings. The van der Waals surface area contributed by atoms with Crippen molar-refractivity contribution >= 4 is 5.97 Å². The molecule has 0 bridgehead atoms. The van der Waals surface area contributed by atoms with E-state index in [4.69, 9.17) is 4.74 Å². The van der Waals surface area contributed by atoms with Gasteiger partial charge in [0, 0.05) is 0 Å². The van der Waals surface area contributed by atoms with Crippen molar-refractivity contribution in [1.82, 2.24) is 0 Å². The number of hydrogen-bond donors (Lipinski definition) is 0. The van der Waals surface area contributed by atoms with E-state index in [9.17, 15) is 4.79 Å². The molecule has 104 valence electrons. The van der Waals surface area contributed by atoms with Gasteiger partial charge >= 0.3 is 5.97 Å². The zero-order valence-corrected chi connectivity index (χ0v) is 12.6. The molecule has 0 aliphatic heterocycles. The van der Waals surface area contributed by atoms with Crippen LogP contribution in [0.2, 0.25) is 0 Å². The molecule has 0 radical (unpaired) electrons. The van der Waals surface area contributed by atoms with Crippen LogP contribution < -0.4 is 0 Å². The van der Waals surface area contributed by atoms with Gasteiger partial charge in [-0.3, -0.25) is 4.79 Å². The Hall–Kier alpha value is -1.01. The maximum atomic E-state index is 11.4. The molecule has 2 nitrogen and oxygen atoms in total. The number of esters is 1. The Morgan fingerprint density at radius 2 is 1.89 bits per heavy atom. The molecule has 0 aliphatic carbocycles. The van der Waals surface area contributed by atoms with Crippen molar-refractivity contribution < 1.29 is 9.53 Å². The normalized spacial score (nSPS) is 10.7. The lowest BCUT2D eigenvalue weighted by Crippen LogP contribution is -2.23. The topological polar surface area (TPSA) is 26.3 Å². The minimum Gasteiger partial charge on any atom is -0.460 e. The molecular weight excluding hydrogens is 224 g/mol. The van der Waals surface area contributed by atoms with E-state index >= 15 is 0 Å². The molecule has 0 aromatic carbocycles. The maximum Gasteiger partial charge on any atom is 0.310 e. The summed E-state index contributed by atoms with van der Waals surface area (Å²) in [4.78, 5) is 11.4. The Balaban J connectivity index is 3.94. The van der Waals surface area contributed by atoms with Crippen LogP contribution in [0.15, 0.2) is 17.4 Å². The fourth-order valence-corrected chi connectivity index (χ4v) is 1.58. The van der Waals surface area contributed by atoms with Crippen LogP contribution in [0.3, 0.4) is 0 Å². The highest BCUT2D eigenvalue weighted by atomic mass is 16.6. The van der Waals surface area contributed by atoms with Crippen LogP contribution in [0.1, 0.15) is 73.1 Å². The molecule has 0 heterocycles. The lowest BCUT2D eigenvalue weighted by atomic mass is 10.1. The van der Waals surface area contributed by atoms with Gasteiger partial charge in [-0.15, -0.1) is 5.73 Å². The van der Waals surface area contributed by atoms with Gasteiger partial charge < -0.3 is 4.74 Å². The summed E-state index contributed by atoms with van der Waals surface area (Å²) in [5.41, 5.74) is 3.99. The molecule has 0 N–H and O–H groups in total. The fourth-order valence-electron chi connectivity index (χ4n) is 1.58. The van der Waals surface area contributed by atoms with Crippen molar-refractivity contribution in [3.8, 4) is 0 Å². The minimum atomic E-state index is -0.399. The number of ether oxygens (including phenoxy) is 1. The van der Waals surface area contributed by atoms with Crippen molar-refractivity contribution in [2.45, 2.75) is 78.7 Å². The number of unbranched alkanes of at least 4 members (excludes halogenated alkanes) is 3. The molecule has 18 heavy (non-hydrogen) atoms. The second-order valence-corrected chi connectivity index (χ2v) is 5.73. The first-order valence-electron chi connectivity index (χ1n) is 6.97. The van der Waals surface area contributed by atoms with Gasteiger partial charge in [0.2, 0.25) is 0 Å². The first-order valence-corrected chi connectivity index (χ1v) is 6.97. The predicted octanol–water partition coefficient (Wildman–Crippen LogP) is 4.79. The Labute approximate surface area is 112 Å². The third kappa shape index (κ3) is 11.5. The Kier molecular flexibility index (Phi) is 8.49. The smallest absolute Gasteiger partial charge is 0.310 e. The zero-order chi connectivity index (χ0) is 14.0. The fraction of sp³-hybridized carbons (Fsp3) is 0.750. The van der Waals surface area contributed by atoms with Crippen molar-refractivity contribution in [2.24, 2.45) is 0 Å². The second kappa shape index (κ2) is 8.99. The molecule has 0 spiro atoms. The average molecular weight is 252 g/mol. The summed E-state index contributed by atoms with van der Waals surface area (Å²) in [5.74, 6) is -0.186. The van der Waals surface area contributed by atoms with E-state index < -0.39 is 5.60 Å². The monoisotopic (exact) mass is 252 g/mol. The molecule has 0 aromatic rings. The van der Waals surface area contributed by atoms with Gasteiger partial charge in [0.1, 0.15) is 5.60 Å². The third-order valence-electron chi connectivity index (χ3n) is 2.44. The van der Waals surface area contributed by atoms with E-state index in [-0.39, 0.29) is 5.97 Å². The average Bonchev–Trinajstić information content (AvgIpc) is 2.22. The standard InChI is InChI=1S/C16H28O2/c1-6-7-8-9-11-14(2)12-10-13-15(17)18-16(3,4)5/h10H,6-9,11,13H2,1-5H3. The highest BCUT2D eigenvalue weighted by Gasteiger charge is 2.14. The molecule has 0 atom stereocenters. The maximum absolute atomic E-state index is 11.4. The number of carbonyl (C=O) groups excluding carboxylic acids is 1. The quantitative estimate of drug-likeness (QED) is 0.370. The summed E-state index contributed by atoms with van der Waals surface area (Å²) in [6.45, 7) is 9.91. The molecule has 0 amide bonds. The molecule has 0 aromatic heterocycles. The van der Waals surface area contributed by atoms with Crippen LogP contribution in [-0.2, 0) is 9.53 Å². The summed E-state index contributed by atoms with van der Waals surface area (Å²) in [6, 6.07) is 0.